The van der Waals surface area contributed by atoms with Crippen LogP contribution in [0.25, 0.3) is 0 Å². The summed E-state index contributed by atoms with van der Waals surface area (Å²) in [6.45, 7) is 6.23. The van der Waals surface area contributed by atoms with Gasteiger partial charge in [-0.25, -0.2) is 14.4 Å². The van der Waals surface area contributed by atoms with Crippen LogP contribution in [0.5, 0.6) is 11.5 Å². The van der Waals surface area contributed by atoms with E-state index in [2.05, 4.69) is 11.3 Å². The number of methoxy groups -OCH3 is 1. The molecule has 1 aromatic rings. The molecule has 0 radical (unpaired) electrons. The second-order valence-corrected chi connectivity index (χ2v) is 4.42. The number of ether oxygens (including phenoxy) is 4. The minimum absolute atomic E-state index is 0.0944. The van der Waals surface area contributed by atoms with Crippen LogP contribution >= 0.6 is 0 Å². The number of esters is 3. The summed E-state index contributed by atoms with van der Waals surface area (Å²) in [5.74, 6) is -1.72. The van der Waals surface area contributed by atoms with E-state index < -0.39 is 24.5 Å². The molecule has 0 amide bonds. The Hall–Kier alpha value is -2.83. The molecule has 0 saturated heterocycles. The summed E-state index contributed by atoms with van der Waals surface area (Å²) in [6, 6.07) is 4.22. The Morgan fingerprint density at radius 1 is 1.13 bits per heavy atom. The molecular weight excluding hydrogens is 304 g/mol. The first-order valence-corrected chi connectivity index (χ1v) is 6.77. The van der Waals surface area contributed by atoms with Gasteiger partial charge in [0.25, 0.3) is 0 Å². The van der Waals surface area contributed by atoms with Gasteiger partial charge in [0.2, 0.25) is 0 Å². The zero-order valence-electron chi connectivity index (χ0n) is 13.2. The molecule has 1 aromatic carbocycles. The standard InChI is InChI=1S/C16H18O7/c1-5-21-16(19)11-6-7-12(13(8-11)20-4)23-14(17)9-22-15(18)10(2)3/h6-8H,2,5,9H2,1,3-4H3. The maximum Gasteiger partial charge on any atom is 0.349 e. The van der Waals surface area contributed by atoms with Crippen molar-refractivity contribution in [3.63, 3.8) is 0 Å². The molecule has 1 rings (SSSR count). The van der Waals surface area contributed by atoms with Crippen LogP contribution in [0.3, 0.4) is 0 Å². The summed E-state index contributed by atoms with van der Waals surface area (Å²) >= 11 is 0. The summed E-state index contributed by atoms with van der Waals surface area (Å²) in [4.78, 5) is 34.5. The zero-order valence-corrected chi connectivity index (χ0v) is 13.2. The van der Waals surface area contributed by atoms with E-state index in [1.807, 2.05) is 0 Å². The van der Waals surface area contributed by atoms with E-state index in [0.29, 0.717) is 0 Å². The minimum atomic E-state index is -0.790. The molecule has 0 atom stereocenters. The molecule has 0 aliphatic heterocycles. The molecule has 0 aliphatic carbocycles. The summed E-state index contributed by atoms with van der Waals surface area (Å²) in [5, 5.41) is 0. The molecule has 0 bridgehead atoms. The normalized spacial score (nSPS) is 9.70. The number of carbonyl (C=O) groups is 3. The molecule has 124 valence electrons. The summed E-state index contributed by atoms with van der Waals surface area (Å²) in [5.41, 5.74) is 0.436. The first-order chi connectivity index (χ1) is 10.9. The van der Waals surface area contributed by atoms with E-state index >= 15 is 0 Å². The predicted octanol–water partition coefficient (Wildman–Crippen LogP) is 1.90. The monoisotopic (exact) mass is 322 g/mol. The van der Waals surface area contributed by atoms with Gasteiger partial charge in [-0.1, -0.05) is 6.58 Å². The zero-order chi connectivity index (χ0) is 17.4. The number of hydrogen-bond donors (Lipinski definition) is 0. The van der Waals surface area contributed by atoms with Crippen LogP contribution in [0.15, 0.2) is 30.4 Å². The number of rotatable bonds is 7. The van der Waals surface area contributed by atoms with Crippen molar-refractivity contribution in [2.45, 2.75) is 13.8 Å². The quantitative estimate of drug-likeness (QED) is 0.430. The molecule has 0 N–H and O–H groups in total. The average molecular weight is 322 g/mol. The highest BCUT2D eigenvalue weighted by Gasteiger charge is 2.16. The molecule has 0 aliphatic rings. The van der Waals surface area contributed by atoms with E-state index in [1.54, 1.807) is 6.92 Å². The van der Waals surface area contributed by atoms with E-state index in [0.717, 1.165) is 0 Å². The lowest BCUT2D eigenvalue weighted by Crippen LogP contribution is -2.19. The first kappa shape index (κ1) is 18.2. The van der Waals surface area contributed by atoms with E-state index in [4.69, 9.17) is 14.2 Å². The lowest BCUT2D eigenvalue weighted by molar-refractivity contribution is -0.150. The van der Waals surface area contributed by atoms with Crippen molar-refractivity contribution < 1.29 is 33.3 Å². The van der Waals surface area contributed by atoms with Crippen molar-refractivity contribution >= 4 is 17.9 Å². The van der Waals surface area contributed by atoms with Crippen LogP contribution in [-0.4, -0.2) is 38.2 Å². The first-order valence-electron chi connectivity index (χ1n) is 6.77. The van der Waals surface area contributed by atoms with E-state index in [-0.39, 0.29) is 29.2 Å². The largest absolute Gasteiger partial charge is 0.493 e. The van der Waals surface area contributed by atoms with Crippen LogP contribution in [0.2, 0.25) is 0 Å². The van der Waals surface area contributed by atoms with Crippen LogP contribution in [0.1, 0.15) is 24.2 Å². The van der Waals surface area contributed by atoms with Crippen LogP contribution in [0, 0.1) is 0 Å². The van der Waals surface area contributed by atoms with Crippen LogP contribution in [0.4, 0.5) is 0 Å². The lowest BCUT2D eigenvalue weighted by atomic mass is 10.2. The average Bonchev–Trinajstić information content (AvgIpc) is 2.52. The van der Waals surface area contributed by atoms with Gasteiger partial charge in [-0.15, -0.1) is 0 Å². The van der Waals surface area contributed by atoms with Gasteiger partial charge in [0.1, 0.15) is 0 Å². The lowest BCUT2D eigenvalue weighted by Gasteiger charge is -2.11. The summed E-state index contributed by atoms with van der Waals surface area (Å²) < 4.78 is 19.7. The highest BCUT2D eigenvalue weighted by atomic mass is 16.6. The molecule has 0 heterocycles. The van der Waals surface area contributed by atoms with Crippen LogP contribution in [-0.2, 0) is 19.1 Å². The number of carbonyl (C=O) groups excluding carboxylic acids is 3. The van der Waals surface area contributed by atoms with Gasteiger partial charge < -0.3 is 18.9 Å². The SMILES string of the molecule is C=C(C)C(=O)OCC(=O)Oc1ccc(C(=O)OCC)cc1OC. The second kappa shape index (κ2) is 8.57. The van der Waals surface area contributed by atoms with Crippen molar-refractivity contribution in [3.05, 3.63) is 35.9 Å². The molecule has 0 aromatic heterocycles. The summed E-state index contributed by atoms with van der Waals surface area (Å²) in [7, 11) is 1.36. The maximum atomic E-state index is 11.7. The minimum Gasteiger partial charge on any atom is -0.493 e. The Labute approximate surface area is 133 Å². The fraction of sp³-hybridized carbons (Fsp3) is 0.312. The van der Waals surface area contributed by atoms with Gasteiger partial charge in [-0.3, -0.25) is 0 Å². The van der Waals surface area contributed by atoms with Crippen molar-refractivity contribution in [2.75, 3.05) is 20.3 Å². The fourth-order valence-corrected chi connectivity index (χ4v) is 1.49. The molecule has 0 unspecified atom stereocenters. The Bertz CT molecular complexity index is 619. The third-order valence-electron chi connectivity index (χ3n) is 2.57. The van der Waals surface area contributed by atoms with Crippen molar-refractivity contribution in [1.29, 1.82) is 0 Å². The third kappa shape index (κ3) is 5.46. The van der Waals surface area contributed by atoms with Crippen molar-refractivity contribution in [3.8, 4) is 11.5 Å². The van der Waals surface area contributed by atoms with Crippen molar-refractivity contribution in [2.24, 2.45) is 0 Å². The molecular formula is C16H18O7. The Morgan fingerprint density at radius 3 is 2.39 bits per heavy atom. The van der Waals surface area contributed by atoms with E-state index in [9.17, 15) is 14.4 Å². The molecule has 7 heteroatoms. The smallest absolute Gasteiger partial charge is 0.349 e. The molecule has 0 fully saturated rings. The van der Waals surface area contributed by atoms with Gasteiger partial charge in [0, 0.05) is 5.57 Å². The van der Waals surface area contributed by atoms with Crippen molar-refractivity contribution in [1.82, 2.24) is 0 Å². The fourth-order valence-electron chi connectivity index (χ4n) is 1.49. The van der Waals surface area contributed by atoms with Gasteiger partial charge in [0.15, 0.2) is 18.1 Å². The molecule has 0 spiro atoms. The highest BCUT2D eigenvalue weighted by molar-refractivity contribution is 5.91. The Kier molecular flexibility index (Phi) is 6.79. The molecule has 7 nitrogen and oxygen atoms in total. The van der Waals surface area contributed by atoms with Gasteiger partial charge >= 0.3 is 17.9 Å². The molecule has 0 saturated carbocycles. The summed E-state index contributed by atoms with van der Waals surface area (Å²) in [6.07, 6.45) is 0. The highest BCUT2D eigenvalue weighted by Crippen LogP contribution is 2.28. The van der Waals surface area contributed by atoms with Gasteiger partial charge in [-0.05, 0) is 32.0 Å². The Balaban J connectivity index is 2.76. The number of benzene rings is 1. The van der Waals surface area contributed by atoms with Gasteiger partial charge in [-0.2, -0.15) is 0 Å². The van der Waals surface area contributed by atoms with E-state index in [1.165, 1.54) is 32.2 Å². The van der Waals surface area contributed by atoms with Crippen LogP contribution < -0.4 is 9.47 Å². The molecule has 23 heavy (non-hydrogen) atoms. The second-order valence-electron chi connectivity index (χ2n) is 4.42. The Morgan fingerprint density at radius 2 is 1.83 bits per heavy atom. The topological polar surface area (TPSA) is 88.1 Å². The predicted molar refractivity (Wildman–Crippen MR) is 80.4 cm³/mol. The maximum absolute atomic E-state index is 11.7. The number of hydrogen-bond acceptors (Lipinski definition) is 7. The third-order valence-corrected chi connectivity index (χ3v) is 2.57. The van der Waals surface area contributed by atoms with Gasteiger partial charge in [0.05, 0.1) is 19.3 Å².